The number of rotatable bonds is 1. The molecule has 1 unspecified atom stereocenters. The Hall–Kier alpha value is -1.00. The summed E-state index contributed by atoms with van der Waals surface area (Å²) in [6, 6.07) is 2.11. The van der Waals surface area contributed by atoms with Crippen molar-refractivity contribution in [1.82, 2.24) is 20.6 Å². The van der Waals surface area contributed by atoms with Crippen molar-refractivity contribution in [2.45, 2.75) is 6.04 Å². The second-order valence-electron chi connectivity index (χ2n) is 2.82. The first kappa shape index (κ1) is 7.64. The maximum Gasteiger partial charge on any atom is 0.146 e. The molecule has 1 atom stereocenters. The summed E-state index contributed by atoms with van der Waals surface area (Å²) < 4.78 is 0. The van der Waals surface area contributed by atoms with Gasteiger partial charge >= 0.3 is 0 Å². The lowest BCUT2D eigenvalue weighted by Crippen LogP contribution is -2.43. The summed E-state index contributed by atoms with van der Waals surface area (Å²) in [6.07, 6.45) is 3.55. The molecule has 1 aliphatic rings. The van der Waals surface area contributed by atoms with E-state index in [2.05, 4.69) is 20.6 Å². The number of nitrogens with one attached hydrogen (secondary N) is 2. The molecule has 0 aliphatic carbocycles. The smallest absolute Gasteiger partial charge is 0.146 e. The predicted molar refractivity (Wildman–Crippen MR) is 45.6 cm³/mol. The monoisotopic (exact) mass is 164 g/mol. The van der Waals surface area contributed by atoms with Gasteiger partial charge in [-0.25, -0.2) is 9.97 Å². The van der Waals surface area contributed by atoms with Gasteiger partial charge in [0.1, 0.15) is 5.82 Å². The van der Waals surface area contributed by atoms with Crippen molar-refractivity contribution in [2.75, 3.05) is 19.6 Å². The van der Waals surface area contributed by atoms with Crippen LogP contribution >= 0.6 is 0 Å². The summed E-state index contributed by atoms with van der Waals surface area (Å²) in [5, 5.41) is 6.64. The number of hydrogen-bond donors (Lipinski definition) is 2. The summed E-state index contributed by atoms with van der Waals surface area (Å²) in [4.78, 5) is 8.38. The van der Waals surface area contributed by atoms with Gasteiger partial charge in [0.15, 0.2) is 0 Å². The lowest BCUT2D eigenvalue weighted by Gasteiger charge is -2.22. The van der Waals surface area contributed by atoms with E-state index >= 15 is 0 Å². The number of aromatic nitrogens is 2. The van der Waals surface area contributed by atoms with Crippen LogP contribution in [0.3, 0.4) is 0 Å². The molecule has 12 heavy (non-hydrogen) atoms. The van der Waals surface area contributed by atoms with Gasteiger partial charge in [-0.3, -0.25) is 0 Å². The molecular weight excluding hydrogens is 152 g/mol. The summed E-state index contributed by atoms with van der Waals surface area (Å²) in [6.45, 7) is 2.94. The first-order chi connectivity index (χ1) is 5.97. The van der Waals surface area contributed by atoms with Crippen molar-refractivity contribution in [1.29, 1.82) is 0 Å². The quantitative estimate of drug-likeness (QED) is 0.599. The van der Waals surface area contributed by atoms with Crippen LogP contribution in [0, 0.1) is 0 Å². The van der Waals surface area contributed by atoms with Gasteiger partial charge in [0, 0.05) is 32.0 Å². The molecule has 0 spiro atoms. The zero-order valence-electron chi connectivity index (χ0n) is 6.83. The number of hydrogen-bond acceptors (Lipinski definition) is 4. The second kappa shape index (κ2) is 3.60. The highest BCUT2D eigenvalue weighted by molar-refractivity contribution is 4.98. The predicted octanol–water partition coefficient (Wildman–Crippen LogP) is -0.290. The summed E-state index contributed by atoms with van der Waals surface area (Å²) in [7, 11) is 0. The SMILES string of the molecule is c1cnc(C2CNCCN2)nc1. The third-order valence-electron chi connectivity index (χ3n) is 1.94. The lowest BCUT2D eigenvalue weighted by molar-refractivity contribution is 0.415. The van der Waals surface area contributed by atoms with Gasteiger partial charge in [-0.15, -0.1) is 0 Å². The molecule has 4 nitrogen and oxygen atoms in total. The van der Waals surface area contributed by atoms with E-state index < -0.39 is 0 Å². The highest BCUT2D eigenvalue weighted by Gasteiger charge is 2.15. The molecule has 0 radical (unpaired) electrons. The van der Waals surface area contributed by atoms with Gasteiger partial charge in [-0.05, 0) is 6.07 Å². The van der Waals surface area contributed by atoms with E-state index in [1.807, 2.05) is 6.07 Å². The minimum absolute atomic E-state index is 0.278. The zero-order chi connectivity index (χ0) is 8.23. The fraction of sp³-hybridized carbons (Fsp3) is 0.500. The Morgan fingerprint density at radius 3 is 2.75 bits per heavy atom. The topological polar surface area (TPSA) is 49.8 Å². The molecule has 1 aromatic heterocycles. The molecule has 64 valence electrons. The molecule has 2 N–H and O–H groups in total. The molecule has 2 rings (SSSR count). The Morgan fingerprint density at radius 1 is 1.25 bits per heavy atom. The Morgan fingerprint density at radius 2 is 2.08 bits per heavy atom. The average molecular weight is 164 g/mol. The maximum absolute atomic E-state index is 4.19. The lowest BCUT2D eigenvalue weighted by atomic mass is 10.2. The molecule has 0 aromatic carbocycles. The molecule has 1 aromatic rings. The van der Waals surface area contributed by atoms with E-state index in [1.54, 1.807) is 12.4 Å². The second-order valence-corrected chi connectivity index (χ2v) is 2.82. The summed E-state index contributed by atoms with van der Waals surface area (Å²) in [5.41, 5.74) is 0. The van der Waals surface area contributed by atoms with Crippen LogP contribution in [0.4, 0.5) is 0 Å². The molecule has 0 amide bonds. The van der Waals surface area contributed by atoms with Gasteiger partial charge in [-0.1, -0.05) is 0 Å². The maximum atomic E-state index is 4.19. The van der Waals surface area contributed by atoms with Crippen molar-refractivity contribution < 1.29 is 0 Å². The van der Waals surface area contributed by atoms with Crippen LogP contribution in [-0.4, -0.2) is 29.6 Å². The van der Waals surface area contributed by atoms with Crippen LogP contribution in [0.15, 0.2) is 18.5 Å². The van der Waals surface area contributed by atoms with Crippen LogP contribution in [0.25, 0.3) is 0 Å². The fourth-order valence-electron chi connectivity index (χ4n) is 1.33. The van der Waals surface area contributed by atoms with Crippen LogP contribution in [0.5, 0.6) is 0 Å². The molecule has 1 aliphatic heterocycles. The van der Waals surface area contributed by atoms with Crippen molar-refractivity contribution in [3.05, 3.63) is 24.3 Å². The van der Waals surface area contributed by atoms with Crippen LogP contribution in [0.1, 0.15) is 11.9 Å². The van der Waals surface area contributed by atoms with Crippen LogP contribution in [0.2, 0.25) is 0 Å². The minimum Gasteiger partial charge on any atom is -0.313 e. The van der Waals surface area contributed by atoms with E-state index in [0.29, 0.717) is 0 Å². The molecule has 1 saturated heterocycles. The van der Waals surface area contributed by atoms with E-state index in [1.165, 1.54) is 0 Å². The third kappa shape index (κ3) is 1.60. The fourth-order valence-corrected chi connectivity index (χ4v) is 1.33. The van der Waals surface area contributed by atoms with Crippen molar-refractivity contribution in [3.8, 4) is 0 Å². The number of nitrogens with zero attached hydrogens (tertiary/aromatic N) is 2. The van der Waals surface area contributed by atoms with Gasteiger partial charge in [0.25, 0.3) is 0 Å². The van der Waals surface area contributed by atoms with Crippen LogP contribution < -0.4 is 10.6 Å². The summed E-state index contributed by atoms with van der Waals surface area (Å²) in [5.74, 6) is 0.879. The molecule has 0 bridgehead atoms. The van der Waals surface area contributed by atoms with E-state index in [4.69, 9.17) is 0 Å². The average Bonchev–Trinajstić information content (AvgIpc) is 2.21. The largest absolute Gasteiger partial charge is 0.313 e. The van der Waals surface area contributed by atoms with Crippen molar-refractivity contribution >= 4 is 0 Å². The zero-order valence-corrected chi connectivity index (χ0v) is 6.83. The molecule has 4 heteroatoms. The molecule has 0 saturated carbocycles. The molecule has 1 fully saturated rings. The van der Waals surface area contributed by atoms with E-state index in [9.17, 15) is 0 Å². The molecular formula is C8H12N4. The van der Waals surface area contributed by atoms with Crippen LogP contribution in [-0.2, 0) is 0 Å². The Kier molecular flexibility index (Phi) is 2.29. The first-order valence-electron chi connectivity index (χ1n) is 4.18. The highest BCUT2D eigenvalue weighted by Crippen LogP contribution is 2.05. The summed E-state index contributed by atoms with van der Waals surface area (Å²) >= 11 is 0. The first-order valence-corrected chi connectivity index (χ1v) is 4.18. The molecule has 2 heterocycles. The Labute approximate surface area is 71.4 Å². The normalized spacial score (nSPS) is 23.8. The van der Waals surface area contributed by atoms with Gasteiger partial charge in [0.05, 0.1) is 6.04 Å². The third-order valence-corrected chi connectivity index (χ3v) is 1.94. The minimum atomic E-state index is 0.278. The highest BCUT2D eigenvalue weighted by atomic mass is 15.1. The van der Waals surface area contributed by atoms with E-state index in [-0.39, 0.29) is 6.04 Å². The van der Waals surface area contributed by atoms with Gasteiger partial charge < -0.3 is 10.6 Å². The standard InChI is InChI=1S/C8H12N4/c1-2-11-8(12-3-1)7-6-9-4-5-10-7/h1-3,7,9-10H,4-6H2. The van der Waals surface area contributed by atoms with Crippen molar-refractivity contribution in [2.24, 2.45) is 0 Å². The van der Waals surface area contributed by atoms with Gasteiger partial charge in [0.2, 0.25) is 0 Å². The van der Waals surface area contributed by atoms with E-state index in [0.717, 1.165) is 25.5 Å². The Balaban J connectivity index is 2.08. The van der Waals surface area contributed by atoms with Crippen molar-refractivity contribution in [3.63, 3.8) is 0 Å². The number of piperazine rings is 1. The Bertz CT molecular complexity index is 230. The van der Waals surface area contributed by atoms with Gasteiger partial charge in [-0.2, -0.15) is 0 Å².